The molecule has 0 unspecified atom stereocenters. The van der Waals surface area contributed by atoms with Gasteiger partial charge in [0.15, 0.2) is 18.3 Å². The van der Waals surface area contributed by atoms with Crippen molar-refractivity contribution < 1.29 is 19.0 Å². The minimum absolute atomic E-state index is 0.0473. The largest absolute Gasteiger partial charge is 0.496 e. The van der Waals surface area contributed by atoms with Crippen molar-refractivity contribution in [1.29, 1.82) is 0 Å². The fraction of sp³-hybridized carbons (Fsp3) is 0.139. The van der Waals surface area contributed by atoms with Gasteiger partial charge in [-0.2, -0.15) is 10.2 Å². The maximum absolute atomic E-state index is 11.9. The molecule has 52 heavy (non-hydrogen) atoms. The molecule has 0 atom stereocenters. The van der Waals surface area contributed by atoms with Gasteiger partial charge >= 0.3 is 0 Å². The molecule has 0 bridgehead atoms. The Hall–Kier alpha value is -7.23. The minimum Gasteiger partial charge on any atom is -0.496 e. The highest BCUT2D eigenvalue weighted by Crippen LogP contribution is 2.30. The summed E-state index contributed by atoms with van der Waals surface area (Å²) < 4.78 is 13.2. The van der Waals surface area contributed by atoms with Gasteiger partial charge in [-0.25, -0.2) is 0 Å². The molecule has 0 saturated heterocycles. The van der Waals surface area contributed by atoms with E-state index in [2.05, 4.69) is 61.6 Å². The first kappa shape index (κ1) is 32.0. The van der Waals surface area contributed by atoms with Crippen LogP contribution in [-0.4, -0.2) is 71.3 Å². The number of aromatic amines is 4. The lowest BCUT2D eigenvalue weighted by molar-refractivity contribution is -0.653. The van der Waals surface area contributed by atoms with Crippen LogP contribution in [0.4, 0.5) is 23.3 Å². The highest BCUT2D eigenvalue weighted by molar-refractivity contribution is 5.83. The molecule has 0 aliphatic carbocycles. The first-order chi connectivity index (χ1) is 25.4. The number of aromatic nitrogens is 10. The van der Waals surface area contributed by atoms with E-state index >= 15 is 0 Å². The molecule has 4 heterocycles. The van der Waals surface area contributed by atoms with Gasteiger partial charge in [0.1, 0.15) is 17.0 Å². The van der Waals surface area contributed by atoms with Crippen LogP contribution in [0, 0.1) is 0 Å². The maximum Gasteiger partial charge on any atom is 0.258 e. The number of ether oxygens (including phenoxy) is 2. The van der Waals surface area contributed by atoms with Crippen LogP contribution >= 0.6 is 0 Å². The van der Waals surface area contributed by atoms with Gasteiger partial charge in [-0.05, 0) is 80.6 Å². The van der Waals surface area contributed by atoms with E-state index in [1.165, 1.54) is 0 Å². The molecule has 0 radical (unpaired) electrons. The van der Waals surface area contributed by atoms with Crippen LogP contribution in [0.15, 0.2) is 91.3 Å². The molecule has 0 fully saturated rings. The van der Waals surface area contributed by atoms with Crippen molar-refractivity contribution in [2.45, 2.75) is 19.9 Å². The Bertz CT molecular complexity index is 2510. The predicted octanol–water partition coefficient (Wildman–Crippen LogP) is 5.29. The Balaban J connectivity index is 0.957. The standard InChI is InChI=1S/C36H33N13O3/c1-20(2)38-32(50)19-52-27-9-4-21(5-10-27)33-41-35(46-44-33)40-25-7-12-30-23(15-25)18-49(48-30)26-8-13-31(51-3)28(16-26)34-42-36(47-45-34)39-24-6-11-29-22(14-24)17-37-43-29/h4-18,20H,19H2,1-3H3,(H6,37,38,39,40,41,42,43,44,45,46,47,50)/p+1. The van der Waals surface area contributed by atoms with Crippen molar-refractivity contribution in [3.05, 3.63) is 91.3 Å². The van der Waals surface area contributed by atoms with E-state index in [4.69, 9.17) is 9.47 Å². The molecule has 16 heteroatoms. The fourth-order valence-corrected chi connectivity index (χ4v) is 5.72. The smallest absolute Gasteiger partial charge is 0.258 e. The molecule has 0 spiro atoms. The zero-order valence-electron chi connectivity index (χ0n) is 28.4. The van der Waals surface area contributed by atoms with Gasteiger partial charge in [-0.15, -0.1) is 20.4 Å². The van der Waals surface area contributed by atoms with Crippen molar-refractivity contribution in [2.24, 2.45) is 0 Å². The molecule has 8 aromatic rings. The number of nitrogens with zero attached hydrogens (tertiary/aromatic N) is 6. The molecule has 0 aliphatic rings. The monoisotopic (exact) mass is 696 g/mol. The molecule has 1 amide bonds. The number of nitrogens with one attached hydrogen (secondary N) is 7. The topological polar surface area (TPSA) is 203 Å². The number of carbonyl (C=O) groups excluding carboxylic acids is 1. The second-order valence-electron chi connectivity index (χ2n) is 12.3. The van der Waals surface area contributed by atoms with Crippen LogP contribution in [0.1, 0.15) is 13.8 Å². The summed E-state index contributed by atoms with van der Waals surface area (Å²) in [5.41, 5.74) is 6.01. The number of benzene rings is 4. The van der Waals surface area contributed by atoms with Gasteiger partial charge in [0.2, 0.25) is 23.8 Å². The molecule has 0 aliphatic heterocycles. The van der Waals surface area contributed by atoms with E-state index in [-0.39, 0.29) is 18.6 Å². The zero-order chi connectivity index (χ0) is 35.6. The van der Waals surface area contributed by atoms with Gasteiger partial charge in [0.05, 0.1) is 29.8 Å². The van der Waals surface area contributed by atoms with Crippen LogP contribution in [-0.2, 0) is 4.79 Å². The normalized spacial score (nSPS) is 11.3. The molecular weight excluding hydrogens is 662 g/mol. The van der Waals surface area contributed by atoms with Crippen LogP contribution < -0.4 is 30.1 Å². The summed E-state index contributed by atoms with van der Waals surface area (Å²) in [5, 5.41) is 39.1. The molecule has 260 valence electrons. The molecule has 16 nitrogen and oxygen atoms in total. The molecule has 7 N–H and O–H groups in total. The Kier molecular flexibility index (Phi) is 8.36. The maximum atomic E-state index is 11.9. The van der Waals surface area contributed by atoms with Crippen molar-refractivity contribution in [2.75, 3.05) is 24.4 Å². The van der Waals surface area contributed by atoms with Crippen molar-refractivity contribution in [1.82, 2.24) is 51.0 Å². The average molecular weight is 697 g/mol. The quantitative estimate of drug-likeness (QED) is 0.0823. The lowest BCUT2D eigenvalue weighted by atomic mass is 10.1. The van der Waals surface area contributed by atoms with E-state index in [0.717, 1.165) is 50.0 Å². The third-order valence-electron chi connectivity index (χ3n) is 8.16. The van der Waals surface area contributed by atoms with E-state index in [1.807, 2.05) is 91.5 Å². The number of rotatable bonds is 12. The number of H-pyrrole nitrogens is 4. The third-order valence-corrected chi connectivity index (χ3v) is 8.16. The Morgan fingerprint density at radius 1 is 0.808 bits per heavy atom. The second-order valence-corrected chi connectivity index (χ2v) is 12.3. The number of hydrogen-bond donors (Lipinski definition) is 7. The highest BCUT2D eigenvalue weighted by Gasteiger charge is 2.19. The van der Waals surface area contributed by atoms with E-state index in [1.54, 1.807) is 25.4 Å². The number of methoxy groups -OCH3 is 1. The number of fused-ring (bicyclic) bond motifs is 2. The molecule has 0 saturated carbocycles. The minimum atomic E-state index is -0.167. The summed E-state index contributed by atoms with van der Waals surface area (Å²) >= 11 is 0. The van der Waals surface area contributed by atoms with Gasteiger partial charge in [-0.3, -0.25) is 9.89 Å². The van der Waals surface area contributed by atoms with Gasteiger partial charge in [0.25, 0.3) is 5.91 Å². The Labute approximate surface area is 296 Å². The van der Waals surface area contributed by atoms with E-state index < -0.39 is 0 Å². The van der Waals surface area contributed by atoms with Crippen LogP contribution in [0.25, 0.3) is 50.3 Å². The Morgan fingerprint density at radius 2 is 1.52 bits per heavy atom. The van der Waals surface area contributed by atoms with Crippen molar-refractivity contribution in [3.63, 3.8) is 0 Å². The summed E-state index contributed by atoms with van der Waals surface area (Å²) in [6.45, 7) is 3.76. The number of anilines is 4. The number of amides is 1. The SMILES string of the molecule is COc1ccc(-[n+]2cc3cc(Nc4nnc(-c5ccc(OCC(=O)NC(C)C)cc5)[nH]4)ccc3[nH]2)cc1-c1nnc(Nc2ccc3[nH]ncc3c2)[nH]1. The Morgan fingerprint density at radius 3 is 2.27 bits per heavy atom. The molecule has 8 rings (SSSR count). The van der Waals surface area contributed by atoms with Gasteiger partial charge in [-0.1, -0.05) is 4.68 Å². The second kappa shape index (κ2) is 13.6. The summed E-state index contributed by atoms with van der Waals surface area (Å²) in [6, 6.07) is 25.0. The van der Waals surface area contributed by atoms with Gasteiger partial charge < -0.3 is 35.4 Å². The first-order valence-corrected chi connectivity index (χ1v) is 16.5. The van der Waals surface area contributed by atoms with Crippen LogP contribution in [0.2, 0.25) is 0 Å². The molecule has 4 aromatic carbocycles. The third kappa shape index (κ3) is 6.80. The lowest BCUT2D eigenvalue weighted by Gasteiger charge is -2.09. The molecular formula is C36H34N13O3+. The molecule has 4 aromatic heterocycles. The number of hydrogen-bond acceptors (Lipinski definition) is 10. The summed E-state index contributed by atoms with van der Waals surface area (Å²) in [7, 11) is 1.62. The lowest BCUT2D eigenvalue weighted by Crippen LogP contribution is -2.34. The van der Waals surface area contributed by atoms with E-state index in [9.17, 15) is 4.79 Å². The van der Waals surface area contributed by atoms with E-state index in [0.29, 0.717) is 35.0 Å². The fourth-order valence-electron chi connectivity index (χ4n) is 5.72. The van der Waals surface area contributed by atoms with Crippen LogP contribution in [0.3, 0.4) is 0 Å². The number of carbonyl (C=O) groups is 1. The average Bonchev–Trinajstić information content (AvgIpc) is 3.98. The highest BCUT2D eigenvalue weighted by atomic mass is 16.5. The summed E-state index contributed by atoms with van der Waals surface area (Å²) in [6.07, 6.45) is 3.78. The zero-order valence-corrected chi connectivity index (χ0v) is 28.4. The summed E-state index contributed by atoms with van der Waals surface area (Å²) in [4.78, 5) is 18.3. The van der Waals surface area contributed by atoms with Crippen molar-refractivity contribution in [3.8, 4) is 40.0 Å². The first-order valence-electron chi connectivity index (χ1n) is 16.5. The van der Waals surface area contributed by atoms with Gasteiger partial charge in [0, 0.05) is 40.5 Å². The van der Waals surface area contributed by atoms with Crippen molar-refractivity contribution >= 4 is 51.0 Å². The van der Waals surface area contributed by atoms with Crippen LogP contribution in [0.5, 0.6) is 11.5 Å². The predicted molar refractivity (Wildman–Crippen MR) is 195 cm³/mol. The summed E-state index contributed by atoms with van der Waals surface area (Å²) in [5.74, 6) is 3.20.